The van der Waals surface area contributed by atoms with E-state index < -0.39 is 0 Å². The summed E-state index contributed by atoms with van der Waals surface area (Å²) in [5.74, 6) is 1.46. The molecule has 1 N–H and O–H groups in total. The van der Waals surface area contributed by atoms with E-state index in [4.69, 9.17) is 16.3 Å². The predicted octanol–water partition coefficient (Wildman–Crippen LogP) is 3.26. The fourth-order valence-corrected chi connectivity index (χ4v) is 1.40. The summed E-state index contributed by atoms with van der Waals surface area (Å²) in [5, 5.41) is 3.68. The van der Waals surface area contributed by atoms with Crippen molar-refractivity contribution in [3.63, 3.8) is 0 Å². The molecular formula is C13H22ClN3O. The van der Waals surface area contributed by atoms with Crippen LogP contribution in [0.3, 0.4) is 0 Å². The van der Waals surface area contributed by atoms with E-state index in [2.05, 4.69) is 36.1 Å². The van der Waals surface area contributed by atoms with E-state index in [1.807, 2.05) is 13.8 Å². The maximum Gasteiger partial charge on any atom is 0.137 e. The predicted molar refractivity (Wildman–Crippen MR) is 75.3 cm³/mol. The van der Waals surface area contributed by atoms with Gasteiger partial charge >= 0.3 is 0 Å². The van der Waals surface area contributed by atoms with Gasteiger partial charge in [-0.2, -0.15) is 0 Å². The standard InChI is InChI=1S/C13H22ClN3O/c1-12(2,3)11-16-9(14)7-10(17-11)15-8-13(4,5)18-6/h7H,8H2,1-6H3,(H,15,16,17). The second-order valence-electron chi connectivity index (χ2n) is 5.97. The molecule has 1 aromatic rings. The van der Waals surface area contributed by atoms with Crippen molar-refractivity contribution in [2.45, 2.75) is 45.6 Å². The van der Waals surface area contributed by atoms with Crippen LogP contribution in [-0.2, 0) is 10.2 Å². The van der Waals surface area contributed by atoms with Crippen LogP contribution < -0.4 is 5.32 Å². The molecule has 1 rings (SSSR count). The average Bonchev–Trinajstić information content (AvgIpc) is 2.25. The van der Waals surface area contributed by atoms with E-state index in [1.165, 1.54) is 0 Å². The van der Waals surface area contributed by atoms with Gasteiger partial charge in [0.2, 0.25) is 0 Å². The molecule has 0 unspecified atom stereocenters. The number of rotatable bonds is 4. The lowest BCUT2D eigenvalue weighted by atomic mass is 9.96. The van der Waals surface area contributed by atoms with E-state index in [-0.39, 0.29) is 11.0 Å². The van der Waals surface area contributed by atoms with Crippen molar-refractivity contribution in [1.82, 2.24) is 9.97 Å². The first kappa shape index (κ1) is 15.2. The summed E-state index contributed by atoms with van der Waals surface area (Å²) in [6, 6.07) is 1.72. The quantitative estimate of drug-likeness (QED) is 0.854. The normalized spacial score (nSPS) is 12.6. The maximum absolute atomic E-state index is 6.02. The number of ether oxygens (including phenoxy) is 1. The van der Waals surface area contributed by atoms with Gasteiger partial charge < -0.3 is 10.1 Å². The van der Waals surface area contributed by atoms with Gasteiger partial charge in [-0.05, 0) is 13.8 Å². The highest BCUT2D eigenvalue weighted by molar-refractivity contribution is 6.29. The van der Waals surface area contributed by atoms with Gasteiger partial charge in [-0.15, -0.1) is 0 Å². The Labute approximate surface area is 114 Å². The third kappa shape index (κ3) is 4.42. The van der Waals surface area contributed by atoms with Crippen molar-refractivity contribution in [3.8, 4) is 0 Å². The van der Waals surface area contributed by atoms with Crippen molar-refractivity contribution in [2.24, 2.45) is 0 Å². The molecule has 0 fully saturated rings. The Hall–Kier alpha value is -0.870. The largest absolute Gasteiger partial charge is 0.377 e. The third-order valence-corrected chi connectivity index (χ3v) is 2.81. The summed E-state index contributed by atoms with van der Waals surface area (Å²) in [6.45, 7) is 10.8. The van der Waals surface area contributed by atoms with Crippen LogP contribution in [-0.4, -0.2) is 29.2 Å². The van der Waals surface area contributed by atoms with Crippen LogP contribution in [0.25, 0.3) is 0 Å². The van der Waals surface area contributed by atoms with E-state index in [0.29, 0.717) is 11.7 Å². The smallest absolute Gasteiger partial charge is 0.137 e. The van der Waals surface area contributed by atoms with Crippen LogP contribution in [0.15, 0.2) is 6.07 Å². The Morgan fingerprint density at radius 3 is 2.33 bits per heavy atom. The second kappa shape index (κ2) is 5.41. The number of methoxy groups -OCH3 is 1. The summed E-state index contributed by atoms with van der Waals surface area (Å²) >= 11 is 6.02. The van der Waals surface area contributed by atoms with Crippen molar-refractivity contribution in [2.75, 3.05) is 19.0 Å². The Morgan fingerprint density at radius 1 is 1.22 bits per heavy atom. The van der Waals surface area contributed by atoms with Gasteiger partial charge in [0.15, 0.2) is 0 Å². The molecule has 1 aromatic heterocycles. The number of hydrogen-bond acceptors (Lipinski definition) is 4. The molecule has 102 valence electrons. The first-order valence-corrected chi connectivity index (χ1v) is 6.36. The molecule has 18 heavy (non-hydrogen) atoms. The fourth-order valence-electron chi connectivity index (χ4n) is 1.22. The first-order chi connectivity index (χ1) is 8.14. The minimum atomic E-state index is -0.251. The van der Waals surface area contributed by atoms with Crippen LogP contribution in [0.2, 0.25) is 5.15 Å². The van der Waals surface area contributed by atoms with Crippen LogP contribution in [0, 0.1) is 0 Å². The number of nitrogens with zero attached hydrogens (tertiary/aromatic N) is 2. The molecule has 0 saturated carbocycles. The summed E-state index contributed by atoms with van der Waals surface area (Å²) in [6.07, 6.45) is 0. The Balaban J connectivity index is 2.88. The van der Waals surface area contributed by atoms with Gasteiger partial charge in [0.25, 0.3) is 0 Å². The van der Waals surface area contributed by atoms with Crippen LogP contribution in [0.5, 0.6) is 0 Å². The van der Waals surface area contributed by atoms with Crippen molar-refractivity contribution >= 4 is 17.4 Å². The van der Waals surface area contributed by atoms with Gasteiger partial charge in [-0.3, -0.25) is 0 Å². The van der Waals surface area contributed by atoms with Crippen LogP contribution >= 0.6 is 11.6 Å². The van der Waals surface area contributed by atoms with Gasteiger partial charge in [0.05, 0.1) is 5.60 Å². The second-order valence-corrected chi connectivity index (χ2v) is 6.35. The highest BCUT2D eigenvalue weighted by Crippen LogP contribution is 2.22. The monoisotopic (exact) mass is 271 g/mol. The highest BCUT2D eigenvalue weighted by atomic mass is 35.5. The van der Waals surface area contributed by atoms with Crippen LogP contribution in [0.1, 0.15) is 40.4 Å². The zero-order valence-corrected chi connectivity index (χ0v) is 12.7. The summed E-state index contributed by atoms with van der Waals surface area (Å²) in [7, 11) is 1.69. The molecule has 0 radical (unpaired) electrons. The summed E-state index contributed by atoms with van der Waals surface area (Å²) in [5.41, 5.74) is -0.378. The lowest BCUT2D eigenvalue weighted by molar-refractivity contribution is 0.0343. The van der Waals surface area contributed by atoms with Gasteiger partial charge in [0, 0.05) is 25.1 Å². The minimum absolute atomic E-state index is 0.127. The number of halogens is 1. The zero-order valence-electron chi connectivity index (χ0n) is 12.0. The van der Waals surface area contributed by atoms with Gasteiger partial charge in [0.1, 0.15) is 16.8 Å². The molecule has 0 aromatic carbocycles. The van der Waals surface area contributed by atoms with Crippen molar-refractivity contribution in [1.29, 1.82) is 0 Å². The maximum atomic E-state index is 6.02. The van der Waals surface area contributed by atoms with E-state index >= 15 is 0 Å². The SMILES string of the molecule is COC(C)(C)CNc1cc(Cl)nc(C(C)(C)C)n1. The summed E-state index contributed by atoms with van der Waals surface area (Å²) in [4.78, 5) is 8.73. The molecule has 5 heteroatoms. The van der Waals surface area contributed by atoms with Gasteiger partial charge in [-0.1, -0.05) is 32.4 Å². The molecule has 0 spiro atoms. The topological polar surface area (TPSA) is 47.0 Å². The van der Waals surface area contributed by atoms with E-state index in [9.17, 15) is 0 Å². The molecule has 0 aliphatic rings. The number of anilines is 1. The van der Waals surface area contributed by atoms with Gasteiger partial charge in [-0.25, -0.2) is 9.97 Å². The molecule has 1 heterocycles. The average molecular weight is 272 g/mol. The highest BCUT2D eigenvalue weighted by Gasteiger charge is 2.20. The Bertz CT molecular complexity index is 413. The number of aromatic nitrogens is 2. The Morgan fingerprint density at radius 2 is 1.83 bits per heavy atom. The molecule has 0 saturated heterocycles. The fraction of sp³-hybridized carbons (Fsp3) is 0.692. The third-order valence-electron chi connectivity index (χ3n) is 2.61. The lowest BCUT2D eigenvalue weighted by Crippen LogP contribution is -2.32. The van der Waals surface area contributed by atoms with E-state index in [0.717, 1.165) is 11.6 Å². The number of nitrogens with one attached hydrogen (secondary N) is 1. The number of hydrogen-bond donors (Lipinski definition) is 1. The molecule has 0 aliphatic carbocycles. The first-order valence-electron chi connectivity index (χ1n) is 5.98. The molecule has 0 amide bonds. The van der Waals surface area contributed by atoms with Crippen molar-refractivity contribution in [3.05, 3.63) is 17.0 Å². The molecule has 0 bridgehead atoms. The molecule has 0 atom stereocenters. The van der Waals surface area contributed by atoms with E-state index in [1.54, 1.807) is 13.2 Å². The Kier molecular flexibility index (Phi) is 4.56. The molecule has 0 aliphatic heterocycles. The lowest BCUT2D eigenvalue weighted by Gasteiger charge is -2.24. The van der Waals surface area contributed by atoms with Crippen molar-refractivity contribution < 1.29 is 4.74 Å². The summed E-state index contributed by atoms with van der Waals surface area (Å²) < 4.78 is 5.35. The zero-order chi connectivity index (χ0) is 14.0. The molecule has 4 nitrogen and oxygen atoms in total. The minimum Gasteiger partial charge on any atom is -0.377 e. The van der Waals surface area contributed by atoms with Crippen LogP contribution in [0.4, 0.5) is 5.82 Å². The molecular weight excluding hydrogens is 250 g/mol.